The summed E-state index contributed by atoms with van der Waals surface area (Å²) in [5, 5.41) is 11.8. The molecule has 0 saturated heterocycles. The Balaban J connectivity index is 3.17. The van der Waals surface area contributed by atoms with E-state index in [4.69, 9.17) is 15.7 Å². The summed E-state index contributed by atoms with van der Waals surface area (Å²) < 4.78 is 32.4. The number of benzene rings is 1. The van der Waals surface area contributed by atoms with Crippen molar-refractivity contribution in [1.29, 1.82) is 0 Å². The van der Waals surface area contributed by atoms with E-state index in [0.717, 1.165) is 0 Å². The zero-order valence-electron chi connectivity index (χ0n) is 12.3. The van der Waals surface area contributed by atoms with Crippen LogP contribution in [0.15, 0.2) is 34.3 Å². The van der Waals surface area contributed by atoms with Crippen molar-refractivity contribution in [3.05, 3.63) is 24.3 Å². The molecule has 0 aliphatic rings. The van der Waals surface area contributed by atoms with E-state index < -0.39 is 15.6 Å². The summed E-state index contributed by atoms with van der Waals surface area (Å²) in [5.74, 6) is 0.396. The number of sulfonamides is 1. The summed E-state index contributed by atoms with van der Waals surface area (Å²) in [5.41, 5.74) is 4.54. The fourth-order valence-electron chi connectivity index (χ4n) is 1.98. The molecular weight excluding hydrogens is 294 g/mol. The highest BCUT2D eigenvalue weighted by Crippen LogP contribution is 2.21. The van der Waals surface area contributed by atoms with Gasteiger partial charge in [0.05, 0.1) is 17.5 Å². The Morgan fingerprint density at radius 2 is 1.86 bits per heavy atom. The van der Waals surface area contributed by atoms with Gasteiger partial charge in [0.2, 0.25) is 10.0 Å². The van der Waals surface area contributed by atoms with E-state index in [1.54, 1.807) is 26.0 Å². The van der Waals surface area contributed by atoms with E-state index in [0.29, 0.717) is 18.6 Å². The minimum atomic E-state index is -3.80. The molecule has 21 heavy (non-hydrogen) atoms. The van der Waals surface area contributed by atoms with Crippen LogP contribution in [0.4, 0.5) is 0 Å². The van der Waals surface area contributed by atoms with Crippen LogP contribution in [0, 0.1) is 0 Å². The fourth-order valence-corrected chi connectivity index (χ4v) is 3.50. The zero-order valence-corrected chi connectivity index (χ0v) is 13.1. The highest BCUT2D eigenvalue weighted by molar-refractivity contribution is 7.89. The third-order valence-electron chi connectivity index (χ3n) is 3.50. The average molecular weight is 315 g/mol. The van der Waals surface area contributed by atoms with Crippen LogP contribution < -0.4 is 15.2 Å². The molecule has 1 aromatic rings. The van der Waals surface area contributed by atoms with Crippen molar-refractivity contribution in [3.63, 3.8) is 0 Å². The summed E-state index contributed by atoms with van der Waals surface area (Å²) in [4.78, 5) is 0.0836. The number of ether oxygens (including phenoxy) is 1. The number of nitrogens with one attached hydrogen (secondary N) is 1. The van der Waals surface area contributed by atoms with Gasteiger partial charge in [-0.25, -0.2) is 8.42 Å². The molecular formula is C13H21N3O4S. The number of nitrogens with two attached hydrogens (primary N) is 1. The van der Waals surface area contributed by atoms with Crippen molar-refractivity contribution < 1.29 is 18.4 Å². The van der Waals surface area contributed by atoms with Gasteiger partial charge < -0.3 is 15.7 Å². The first-order valence-corrected chi connectivity index (χ1v) is 7.99. The highest BCUT2D eigenvalue weighted by Gasteiger charge is 2.36. The van der Waals surface area contributed by atoms with Crippen LogP contribution in [-0.2, 0) is 10.0 Å². The third-order valence-corrected chi connectivity index (χ3v) is 5.06. The number of hydrogen-bond acceptors (Lipinski definition) is 5. The first-order valence-electron chi connectivity index (χ1n) is 6.51. The van der Waals surface area contributed by atoms with Crippen LogP contribution in [0.25, 0.3) is 0 Å². The topological polar surface area (TPSA) is 114 Å². The van der Waals surface area contributed by atoms with Gasteiger partial charge in [0.15, 0.2) is 5.84 Å². The standard InChI is InChI=1S/C13H21N3O4S/c1-4-13(5-2,12(14)15-17)16-21(18,19)11-8-6-10(20-3)7-9-11/h6-9,16-17H,4-5H2,1-3H3,(H2,14,15). The average Bonchev–Trinajstić information content (AvgIpc) is 2.52. The maximum Gasteiger partial charge on any atom is 0.241 e. The summed E-state index contributed by atoms with van der Waals surface area (Å²) >= 11 is 0. The zero-order chi connectivity index (χ0) is 16.1. The van der Waals surface area contributed by atoms with Crippen LogP contribution in [0.2, 0.25) is 0 Å². The molecule has 0 bridgehead atoms. The second kappa shape index (κ2) is 6.77. The number of nitrogens with zero attached hydrogens (tertiary/aromatic N) is 1. The van der Waals surface area contributed by atoms with E-state index in [9.17, 15) is 8.42 Å². The molecule has 0 spiro atoms. The number of methoxy groups -OCH3 is 1. The maximum absolute atomic E-state index is 12.4. The van der Waals surface area contributed by atoms with E-state index in [-0.39, 0.29) is 10.7 Å². The minimum absolute atomic E-state index is 0.0836. The molecule has 0 aliphatic heterocycles. The molecule has 0 amide bonds. The molecule has 7 nitrogen and oxygen atoms in total. The molecule has 8 heteroatoms. The van der Waals surface area contributed by atoms with Gasteiger partial charge in [-0.2, -0.15) is 4.72 Å². The van der Waals surface area contributed by atoms with Crippen molar-refractivity contribution in [2.75, 3.05) is 7.11 Å². The lowest BCUT2D eigenvalue weighted by atomic mass is 9.93. The molecule has 4 N–H and O–H groups in total. The Labute approximate surface area is 124 Å². The van der Waals surface area contributed by atoms with E-state index in [1.807, 2.05) is 0 Å². The monoisotopic (exact) mass is 315 g/mol. The van der Waals surface area contributed by atoms with Crippen LogP contribution in [0.1, 0.15) is 26.7 Å². The Bertz CT molecular complexity index is 592. The van der Waals surface area contributed by atoms with Gasteiger partial charge in [0, 0.05) is 0 Å². The van der Waals surface area contributed by atoms with Gasteiger partial charge in [-0.1, -0.05) is 19.0 Å². The first kappa shape index (κ1) is 17.3. The maximum atomic E-state index is 12.4. The Kier molecular flexibility index (Phi) is 5.56. The number of oxime groups is 1. The van der Waals surface area contributed by atoms with Crippen molar-refractivity contribution in [3.8, 4) is 5.75 Å². The second-order valence-electron chi connectivity index (χ2n) is 4.56. The van der Waals surface area contributed by atoms with Gasteiger partial charge in [-0.3, -0.25) is 0 Å². The van der Waals surface area contributed by atoms with Gasteiger partial charge >= 0.3 is 0 Å². The first-order chi connectivity index (χ1) is 9.85. The molecule has 0 aromatic heterocycles. The van der Waals surface area contributed by atoms with Crippen molar-refractivity contribution in [1.82, 2.24) is 4.72 Å². The SMILES string of the molecule is CCC(CC)(NS(=O)(=O)c1ccc(OC)cc1)/C(N)=N/O. The Morgan fingerprint density at radius 3 is 2.24 bits per heavy atom. The molecule has 0 aliphatic carbocycles. The number of amidine groups is 1. The lowest BCUT2D eigenvalue weighted by Crippen LogP contribution is -2.56. The summed E-state index contributed by atoms with van der Waals surface area (Å²) in [6, 6.07) is 5.97. The Hall–Kier alpha value is -1.80. The predicted octanol–water partition coefficient (Wildman–Crippen LogP) is 1.28. The smallest absolute Gasteiger partial charge is 0.241 e. The fraction of sp³-hybridized carbons (Fsp3) is 0.462. The summed E-state index contributed by atoms with van der Waals surface area (Å²) in [6.07, 6.45) is 0.712. The number of hydrogen-bond donors (Lipinski definition) is 3. The lowest BCUT2D eigenvalue weighted by Gasteiger charge is -2.30. The van der Waals surface area contributed by atoms with Crippen LogP contribution in [-0.4, -0.2) is 32.1 Å². The van der Waals surface area contributed by atoms with Crippen LogP contribution >= 0.6 is 0 Å². The predicted molar refractivity (Wildman–Crippen MR) is 80.0 cm³/mol. The molecule has 118 valence electrons. The molecule has 0 fully saturated rings. The lowest BCUT2D eigenvalue weighted by molar-refractivity contribution is 0.307. The molecule has 0 radical (unpaired) electrons. The third kappa shape index (κ3) is 3.64. The molecule has 0 saturated carbocycles. The molecule has 0 atom stereocenters. The normalized spacial score (nSPS) is 13.2. The van der Waals surface area contributed by atoms with Crippen molar-refractivity contribution >= 4 is 15.9 Å². The van der Waals surface area contributed by atoms with Gasteiger partial charge in [0.25, 0.3) is 0 Å². The van der Waals surface area contributed by atoms with E-state index in [2.05, 4.69) is 9.88 Å². The van der Waals surface area contributed by atoms with Crippen LogP contribution in [0.3, 0.4) is 0 Å². The minimum Gasteiger partial charge on any atom is -0.497 e. The van der Waals surface area contributed by atoms with E-state index in [1.165, 1.54) is 19.2 Å². The largest absolute Gasteiger partial charge is 0.497 e. The molecule has 0 unspecified atom stereocenters. The number of rotatable bonds is 7. The van der Waals surface area contributed by atoms with Gasteiger partial charge in [-0.15, -0.1) is 0 Å². The summed E-state index contributed by atoms with van der Waals surface area (Å²) in [7, 11) is -2.30. The van der Waals surface area contributed by atoms with Gasteiger partial charge in [0.1, 0.15) is 5.75 Å². The quantitative estimate of drug-likeness (QED) is 0.303. The van der Waals surface area contributed by atoms with Crippen molar-refractivity contribution in [2.45, 2.75) is 37.1 Å². The second-order valence-corrected chi connectivity index (χ2v) is 6.24. The molecule has 0 heterocycles. The van der Waals surface area contributed by atoms with E-state index >= 15 is 0 Å². The summed E-state index contributed by atoms with van der Waals surface area (Å²) in [6.45, 7) is 3.52. The molecule has 1 aromatic carbocycles. The van der Waals surface area contributed by atoms with Crippen molar-refractivity contribution in [2.24, 2.45) is 10.9 Å². The Morgan fingerprint density at radius 1 is 1.33 bits per heavy atom. The highest BCUT2D eigenvalue weighted by atomic mass is 32.2. The van der Waals surface area contributed by atoms with Crippen LogP contribution in [0.5, 0.6) is 5.75 Å². The molecule has 1 rings (SSSR count). The van der Waals surface area contributed by atoms with Gasteiger partial charge in [-0.05, 0) is 37.1 Å².